The predicted octanol–water partition coefficient (Wildman–Crippen LogP) is 3.78. The third-order valence-corrected chi connectivity index (χ3v) is 4.37. The highest BCUT2D eigenvalue weighted by molar-refractivity contribution is 7.22. The van der Waals surface area contributed by atoms with Gasteiger partial charge in [-0.2, -0.15) is 5.26 Å². The molecule has 0 atom stereocenters. The van der Waals surface area contributed by atoms with Crippen molar-refractivity contribution in [2.45, 2.75) is 6.92 Å². The topological polar surface area (TPSA) is 94.9 Å². The first-order chi connectivity index (χ1) is 12.5. The maximum Gasteiger partial charge on any atom is 0.248 e. The highest BCUT2D eigenvalue weighted by Crippen LogP contribution is 2.28. The van der Waals surface area contributed by atoms with Gasteiger partial charge in [0.05, 0.1) is 21.8 Å². The Hall–Kier alpha value is -3.50. The summed E-state index contributed by atoms with van der Waals surface area (Å²) in [5.41, 5.74) is 2.56. The van der Waals surface area contributed by atoms with Gasteiger partial charge in [-0.3, -0.25) is 9.59 Å². The molecule has 0 aliphatic heterocycles. The first-order valence-corrected chi connectivity index (χ1v) is 8.53. The molecule has 0 radical (unpaired) electrons. The van der Waals surface area contributed by atoms with Gasteiger partial charge in [0.15, 0.2) is 5.13 Å². The van der Waals surface area contributed by atoms with E-state index in [4.69, 9.17) is 5.26 Å². The molecule has 1 aromatic heterocycles. The molecule has 0 spiro atoms. The van der Waals surface area contributed by atoms with Crippen LogP contribution in [0.5, 0.6) is 0 Å². The summed E-state index contributed by atoms with van der Waals surface area (Å²) >= 11 is 1.33. The number of aromatic nitrogens is 1. The third kappa shape index (κ3) is 4.12. The Morgan fingerprint density at radius 1 is 1.19 bits per heavy atom. The summed E-state index contributed by atoms with van der Waals surface area (Å²) in [7, 11) is 0. The zero-order valence-electron chi connectivity index (χ0n) is 13.8. The second kappa shape index (κ2) is 7.59. The highest BCUT2D eigenvalue weighted by Gasteiger charge is 2.07. The Labute approximate surface area is 153 Å². The van der Waals surface area contributed by atoms with Gasteiger partial charge in [-0.15, -0.1) is 0 Å². The molecule has 0 aliphatic rings. The molecular formula is C19H14N4O2S. The summed E-state index contributed by atoms with van der Waals surface area (Å²) < 4.78 is 0.852. The lowest BCUT2D eigenvalue weighted by atomic mass is 10.1. The van der Waals surface area contributed by atoms with E-state index < -0.39 is 0 Å². The molecule has 0 aliphatic carbocycles. The van der Waals surface area contributed by atoms with E-state index in [0.717, 1.165) is 10.2 Å². The minimum absolute atomic E-state index is 0.180. The summed E-state index contributed by atoms with van der Waals surface area (Å²) in [6.07, 6.45) is 2.99. The van der Waals surface area contributed by atoms with Gasteiger partial charge in [0.1, 0.15) is 0 Å². The average Bonchev–Trinajstić information content (AvgIpc) is 3.00. The van der Waals surface area contributed by atoms with Crippen LogP contribution in [0, 0.1) is 11.3 Å². The lowest BCUT2D eigenvalue weighted by molar-refractivity contribution is -0.114. The molecule has 2 N–H and O–H groups in total. The number of nitrogens with zero attached hydrogens (tertiary/aromatic N) is 2. The quantitative estimate of drug-likeness (QED) is 0.691. The van der Waals surface area contributed by atoms with Crippen LogP contribution in [0.4, 0.5) is 10.8 Å². The van der Waals surface area contributed by atoms with Crippen molar-refractivity contribution >= 4 is 50.3 Å². The number of nitriles is 1. The van der Waals surface area contributed by atoms with Gasteiger partial charge in [0.25, 0.3) is 0 Å². The highest BCUT2D eigenvalue weighted by atomic mass is 32.1. The number of thiazole rings is 1. The van der Waals surface area contributed by atoms with Crippen molar-refractivity contribution in [1.82, 2.24) is 4.98 Å². The number of carbonyl (C=O) groups is 2. The number of hydrogen-bond donors (Lipinski definition) is 2. The van der Waals surface area contributed by atoms with E-state index in [9.17, 15) is 9.59 Å². The largest absolute Gasteiger partial charge is 0.322 e. The molecule has 0 fully saturated rings. The molecule has 3 aromatic rings. The molecule has 0 saturated heterocycles. The number of hydrogen-bond acceptors (Lipinski definition) is 5. The van der Waals surface area contributed by atoms with Crippen molar-refractivity contribution in [1.29, 1.82) is 5.26 Å². The van der Waals surface area contributed by atoms with Crippen LogP contribution >= 0.6 is 11.3 Å². The van der Waals surface area contributed by atoms with Crippen LogP contribution in [0.2, 0.25) is 0 Å². The smallest absolute Gasteiger partial charge is 0.248 e. The van der Waals surface area contributed by atoms with Gasteiger partial charge in [0.2, 0.25) is 11.8 Å². The molecule has 2 amide bonds. The summed E-state index contributed by atoms with van der Waals surface area (Å²) in [4.78, 5) is 27.5. The zero-order valence-corrected chi connectivity index (χ0v) is 14.6. The summed E-state index contributed by atoms with van der Waals surface area (Å²) in [6, 6.07) is 14.5. The van der Waals surface area contributed by atoms with Crippen molar-refractivity contribution in [3.8, 4) is 6.07 Å². The minimum atomic E-state index is -0.302. The Bertz CT molecular complexity index is 1060. The monoisotopic (exact) mass is 362 g/mol. The molecular weight excluding hydrogens is 348 g/mol. The second-order valence-electron chi connectivity index (χ2n) is 5.40. The van der Waals surface area contributed by atoms with E-state index in [1.807, 2.05) is 6.07 Å². The minimum Gasteiger partial charge on any atom is -0.322 e. The van der Waals surface area contributed by atoms with Crippen molar-refractivity contribution in [2.75, 3.05) is 10.6 Å². The Kier molecular flexibility index (Phi) is 5.06. The van der Waals surface area contributed by atoms with Crippen LogP contribution in [0.1, 0.15) is 18.1 Å². The van der Waals surface area contributed by atoms with Crippen molar-refractivity contribution in [2.24, 2.45) is 0 Å². The SMILES string of the molecule is CC(=O)Nc1nc2ccc(NC(=O)/C=C/c3ccccc3C#N)cc2s1. The Morgan fingerprint density at radius 3 is 2.77 bits per heavy atom. The van der Waals surface area contributed by atoms with Crippen LogP contribution in [-0.2, 0) is 9.59 Å². The van der Waals surface area contributed by atoms with Crippen LogP contribution in [0.3, 0.4) is 0 Å². The molecule has 128 valence electrons. The van der Waals surface area contributed by atoms with Gasteiger partial charge >= 0.3 is 0 Å². The summed E-state index contributed by atoms with van der Waals surface area (Å²) in [6.45, 7) is 1.43. The first kappa shape index (κ1) is 17.3. The second-order valence-corrected chi connectivity index (χ2v) is 6.43. The lowest BCUT2D eigenvalue weighted by Gasteiger charge is -2.02. The fourth-order valence-electron chi connectivity index (χ4n) is 2.30. The fourth-order valence-corrected chi connectivity index (χ4v) is 3.25. The molecule has 0 unspecified atom stereocenters. The molecule has 1 heterocycles. The van der Waals surface area contributed by atoms with Gasteiger partial charge in [0, 0.05) is 18.7 Å². The zero-order chi connectivity index (χ0) is 18.5. The van der Waals surface area contributed by atoms with E-state index >= 15 is 0 Å². The lowest BCUT2D eigenvalue weighted by Crippen LogP contribution is -2.07. The van der Waals surface area contributed by atoms with E-state index in [1.165, 1.54) is 24.3 Å². The number of carbonyl (C=O) groups excluding carboxylic acids is 2. The number of nitrogens with one attached hydrogen (secondary N) is 2. The van der Waals surface area contributed by atoms with Crippen molar-refractivity contribution < 1.29 is 9.59 Å². The predicted molar refractivity (Wildman–Crippen MR) is 103 cm³/mol. The maximum absolute atomic E-state index is 12.1. The van der Waals surface area contributed by atoms with Crippen LogP contribution in [-0.4, -0.2) is 16.8 Å². The van der Waals surface area contributed by atoms with Gasteiger partial charge in [-0.1, -0.05) is 29.5 Å². The van der Waals surface area contributed by atoms with Crippen LogP contribution in [0.25, 0.3) is 16.3 Å². The standard InChI is InChI=1S/C19H14N4O2S/c1-12(24)21-19-23-16-8-7-15(10-17(16)26-19)22-18(25)9-6-13-4-2-3-5-14(13)11-20/h2-10H,1H3,(H,22,25)(H,21,23,24)/b9-6+. The van der Waals surface area contributed by atoms with E-state index in [0.29, 0.717) is 21.9 Å². The van der Waals surface area contributed by atoms with E-state index in [-0.39, 0.29) is 11.8 Å². The molecule has 7 heteroatoms. The number of amides is 2. The van der Waals surface area contributed by atoms with Crippen LogP contribution in [0.15, 0.2) is 48.5 Å². The first-order valence-electron chi connectivity index (χ1n) is 7.71. The van der Waals surface area contributed by atoms with Gasteiger partial charge < -0.3 is 10.6 Å². The third-order valence-electron chi connectivity index (χ3n) is 3.43. The molecule has 26 heavy (non-hydrogen) atoms. The van der Waals surface area contributed by atoms with E-state index in [2.05, 4.69) is 21.7 Å². The van der Waals surface area contributed by atoms with Crippen molar-refractivity contribution in [3.63, 3.8) is 0 Å². The van der Waals surface area contributed by atoms with Gasteiger partial charge in [-0.25, -0.2) is 4.98 Å². The van der Waals surface area contributed by atoms with Gasteiger partial charge in [-0.05, 0) is 35.9 Å². The Balaban J connectivity index is 1.73. The van der Waals surface area contributed by atoms with E-state index in [1.54, 1.807) is 42.5 Å². The Morgan fingerprint density at radius 2 is 2.00 bits per heavy atom. The maximum atomic E-state index is 12.1. The average molecular weight is 362 g/mol. The molecule has 0 bridgehead atoms. The molecule has 2 aromatic carbocycles. The number of benzene rings is 2. The summed E-state index contributed by atoms with van der Waals surface area (Å²) in [5.74, 6) is -0.482. The van der Waals surface area contributed by atoms with Crippen LogP contribution < -0.4 is 10.6 Å². The molecule has 6 nitrogen and oxygen atoms in total. The normalized spacial score (nSPS) is 10.6. The molecule has 0 saturated carbocycles. The van der Waals surface area contributed by atoms with Crippen molar-refractivity contribution in [3.05, 3.63) is 59.7 Å². The number of rotatable bonds is 4. The molecule has 3 rings (SSSR count). The number of fused-ring (bicyclic) bond motifs is 1. The summed E-state index contributed by atoms with van der Waals surface area (Å²) in [5, 5.41) is 15.0. The fraction of sp³-hybridized carbons (Fsp3) is 0.0526. The number of anilines is 2.